The number of carbonyl (C=O) groups excluding carboxylic acids is 2. The lowest BCUT2D eigenvalue weighted by atomic mass is 9.98. The first-order valence-electron chi connectivity index (χ1n) is 10.8. The molecule has 2 atom stereocenters. The summed E-state index contributed by atoms with van der Waals surface area (Å²) in [6.45, 7) is 0.340. The fourth-order valence-corrected chi connectivity index (χ4v) is 4.24. The number of halogens is 1. The Bertz CT molecular complexity index is 1150. The first-order valence-corrected chi connectivity index (χ1v) is 11.3. The smallest absolute Gasteiger partial charge is 0.255 e. The van der Waals surface area contributed by atoms with Gasteiger partial charge in [0.2, 0.25) is 5.91 Å². The molecule has 1 aliphatic heterocycles. The molecule has 3 aromatic carbocycles. The van der Waals surface area contributed by atoms with Gasteiger partial charge in [0.05, 0.1) is 6.10 Å². The highest BCUT2D eigenvalue weighted by atomic mass is 35.5. The molecule has 1 heterocycles. The van der Waals surface area contributed by atoms with Gasteiger partial charge in [-0.2, -0.15) is 0 Å². The summed E-state index contributed by atoms with van der Waals surface area (Å²) < 4.78 is 0. The molecule has 3 aromatic rings. The van der Waals surface area contributed by atoms with E-state index in [1.807, 2.05) is 66.7 Å². The second-order valence-corrected chi connectivity index (χ2v) is 8.22. The van der Waals surface area contributed by atoms with Crippen LogP contribution >= 0.6 is 11.6 Å². The van der Waals surface area contributed by atoms with Crippen LogP contribution in [0.3, 0.4) is 0 Å². The molecular formula is C27H25ClN2O3. The largest absolute Gasteiger partial charge is 0.387 e. The Morgan fingerprint density at radius 3 is 2.33 bits per heavy atom. The van der Waals surface area contributed by atoms with Crippen LogP contribution in [0.4, 0.5) is 0 Å². The summed E-state index contributed by atoms with van der Waals surface area (Å²) in [5.74, 6) is -0.546. The number of hydrogen-bond donors (Lipinski definition) is 2. The lowest BCUT2D eigenvalue weighted by molar-refractivity contribution is -0.125. The van der Waals surface area contributed by atoms with Crippen LogP contribution in [0.1, 0.15) is 28.4 Å². The van der Waals surface area contributed by atoms with E-state index in [4.69, 9.17) is 11.6 Å². The Hall–Kier alpha value is -3.41. The molecule has 1 fully saturated rings. The number of benzene rings is 3. The number of aliphatic hydroxyl groups is 1. The van der Waals surface area contributed by atoms with Gasteiger partial charge in [0, 0.05) is 30.6 Å². The number of hydrogen-bond acceptors (Lipinski definition) is 3. The highest BCUT2D eigenvalue weighted by Crippen LogP contribution is 2.30. The molecule has 2 N–H and O–H groups in total. The Labute approximate surface area is 198 Å². The maximum Gasteiger partial charge on any atom is 0.255 e. The number of aliphatic hydroxyl groups excluding tert-OH is 1. The van der Waals surface area contributed by atoms with Gasteiger partial charge in [-0.3, -0.25) is 9.59 Å². The predicted octanol–water partition coefficient (Wildman–Crippen LogP) is 4.54. The second kappa shape index (κ2) is 10.5. The maximum absolute atomic E-state index is 13.6. The number of rotatable bonds is 6. The summed E-state index contributed by atoms with van der Waals surface area (Å²) in [7, 11) is 0. The third kappa shape index (κ3) is 5.16. The number of amides is 2. The van der Waals surface area contributed by atoms with E-state index < -0.39 is 12.1 Å². The van der Waals surface area contributed by atoms with Crippen molar-refractivity contribution in [1.29, 1.82) is 0 Å². The van der Waals surface area contributed by atoms with Gasteiger partial charge in [-0.25, -0.2) is 0 Å². The van der Waals surface area contributed by atoms with Crippen molar-refractivity contribution in [2.24, 2.45) is 0 Å². The Balaban J connectivity index is 1.54. The van der Waals surface area contributed by atoms with E-state index in [-0.39, 0.29) is 24.9 Å². The van der Waals surface area contributed by atoms with E-state index in [0.717, 1.165) is 22.3 Å². The second-order valence-electron chi connectivity index (χ2n) is 8.00. The van der Waals surface area contributed by atoms with Gasteiger partial charge in [0.1, 0.15) is 6.04 Å². The normalized spacial score (nSPS) is 17.7. The van der Waals surface area contributed by atoms with Gasteiger partial charge < -0.3 is 15.3 Å². The monoisotopic (exact) mass is 460 g/mol. The van der Waals surface area contributed by atoms with E-state index in [9.17, 15) is 14.7 Å². The van der Waals surface area contributed by atoms with Crippen molar-refractivity contribution in [3.05, 3.63) is 107 Å². The summed E-state index contributed by atoms with van der Waals surface area (Å²) in [6, 6.07) is 25.5. The zero-order valence-corrected chi connectivity index (χ0v) is 18.8. The lowest BCUT2D eigenvalue weighted by Gasteiger charge is -2.25. The molecular weight excluding hydrogens is 436 g/mol. The topological polar surface area (TPSA) is 69.6 Å². The van der Waals surface area contributed by atoms with Gasteiger partial charge >= 0.3 is 0 Å². The van der Waals surface area contributed by atoms with Crippen molar-refractivity contribution in [1.82, 2.24) is 10.2 Å². The van der Waals surface area contributed by atoms with Crippen LogP contribution in [0.15, 0.2) is 96.0 Å². The average Bonchev–Trinajstić information content (AvgIpc) is 3.32. The number of nitrogens with one attached hydrogen (secondary N) is 1. The van der Waals surface area contributed by atoms with Crippen LogP contribution in [0.5, 0.6) is 0 Å². The molecule has 5 nitrogen and oxygen atoms in total. The van der Waals surface area contributed by atoms with Crippen LogP contribution in [0, 0.1) is 0 Å². The molecule has 2 amide bonds. The zero-order chi connectivity index (χ0) is 23.2. The molecule has 0 radical (unpaired) electrons. The molecule has 168 valence electrons. The highest BCUT2D eigenvalue weighted by Gasteiger charge is 2.37. The third-order valence-corrected chi connectivity index (χ3v) is 6.13. The van der Waals surface area contributed by atoms with E-state index in [1.165, 1.54) is 5.54 Å². The van der Waals surface area contributed by atoms with Crippen molar-refractivity contribution < 1.29 is 14.7 Å². The molecule has 0 spiro atoms. The van der Waals surface area contributed by atoms with Crippen LogP contribution in [0.25, 0.3) is 11.1 Å². The lowest BCUT2D eigenvalue weighted by Crippen LogP contribution is -2.46. The quantitative estimate of drug-likeness (QED) is 0.567. The Kier molecular flexibility index (Phi) is 7.23. The molecule has 0 aliphatic carbocycles. The van der Waals surface area contributed by atoms with E-state index >= 15 is 0 Å². The maximum atomic E-state index is 13.6. The summed E-state index contributed by atoms with van der Waals surface area (Å²) in [4.78, 5) is 28.2. The van der Waals surface area contributed by atoms with Crippen molar-refractivity contribution in [2.45, 2.75) is 18.6 Å². The standard InChI is InChI=1S/C27H25ClN2O3/c28-16-19-15-24(26(32)29-17-25(31)21-11-5-2-6-12-21)30(18-19)27(33)23-14-8-7-13-22(23)20-9-3-1-4-10-20/h1-14,16,24-25,31H,15,17-18H2,(H,29,32)/b19-16-/t24-,25?/m0/s1. The summed E-state index contributed by atoms with van der Waals surface area (Å²) in [5.41, 5.74) is 5.24. The summed E-state index contributed by atoms with van der Waals surface area (Å²) in [5, 5.41) is 13.2. The Morgan fingerprint density at radius 2 is 1.64 bits per heavy atom. The summed E-state index contributed by atoms with van der Waals surface area (Å²) in [6.07, 6.45) is -0.474. The molecule has 4 rings (SSSR count). The Morgan fingerprint density at radius 1 is 1.00 bits per heavy atom. The van der Waals surface area contributed by atoms with Crippen LogP contribution < -0.4 is 5.32 Å². The van der Waals surface area contributed by atoms with Gasteiger partial charge in [-0.15, -0.1) is 0 Å². The minimum Gasteiger partial charge on any atom is -0.387 e. The van der Waals surface area contributed by atoms with Crippen molar-refractivity contribution in [3.8, 4) is 11.1 Å². The van der Waals surface area contributed by atoms with Crippen LogP contribution in [0.2, 0.25) is 0 Å². The molecule has 1 saturated heterocycles. The highest BCUT2D eigenvalue weighted by molar-refractivity contribution is 6.25. The van der Waals surface area contributed by atoms with Crippen molar-refractivity contribution in [3.63, 3.8) is 0 Å². The molecule has 33 heavy (non-hydrogen) atoms. The molecule has 0 saturated carbocycles. The molecule has 1 aliphatic rings. The van der Waals surface area contributed by atoms with E-state index in [0.29, 0.717) is 12.0 Å². The van der Waals surface area contributed by atoms with Gasteiger partial charge in [0.25, 0.3) is 5.91 Å². The molecule has 0 bridgehead atoms. The first kappa shape index (κ1) is 22.8. The summed E-state index contributed by atoms with van der Waals surface area (Å²) >= 11 is 5.96. The fraction of sp³-hybridized carbons (Fsp3) is 0.185. The van der Waals surface area contributed by atoms with E-state index in [1.54, 1.807) is 23.1 Å². The fourth-order valence-electron chi connectivity index (χ4n) is 4.08. The molecule has 6 heteroatoms. The minimum atomic E-state index is -0.831. The predicted molar refractivity (Wildman–Crippen MR) is 130 cm³/mol. The number of nitrogens with zero attached hydrogens (tertiary/aromatic N) is 1. The van der Waals surface area contributed by atoms with Crippen LogP contribution in [-0.2, 0) is 4.79 Å². The molecule has 0 aromatic heterocycles. The van der Waals surface area contributed by atoms with Gasteiger partial charge in [-0.1, -0.05) is 90.5 Å². The first-order chi connectivity index (χ1) is 16.1. The van der Waals surface area contributed by atoms with Gasteiger partial charge in [-0.05, 0) is 28.3 Å². The minimum absolute atomic E-state index is 0.0574. The average molecular weight is 461 g/mol. The molecule has 1 unspecified atom stereocenters. The van der Waals surface area contributed by atoms with Crippen molar-refractivity contribution >= 4 is 23.4 Å². The number of carbonyl (C=O) groups is 2. The van der Waals surface area contributed by atoms with Crippen molar-refractivity contribution in [2.75, 3.05) is 13.1 Å². The van der Waals surface area contributed by atoms with E-state index in [2.05, 4.69) is 5.32 Å². The SMILES string of the molecule is O=C(NCC(O)c1ccccc1)[C@@H]1C/C(=C/Cl)CN1C(=O)c1ccccc1-c1ccccc1. The zero-order valence-electron chi connectivity index (χ0n) is 18.0. The number of likely N-dealkylation sites (tertiary alicyclic amines) is 1. The van der Waals surface area contributed by atoms with Crippen LogP contribution in [-0.4, -0.2) is 41.0 Å². The third-order valence-electron chi connectivity index (χ3n) is 5.82. The van der Waals surface area contributed by atoms with Gasteiger partial charge in [0.15, 0.2) is 0 Å².